The Hall–Kier alpha value is -2.77. The van der Waals surface area contributed by atoms with Crippen molar-refractivity contribution >= 4 is 17.6 Å². The number of carboxylic acids is 1. The topological polar surface area (TPSA) is 78.8 Å². The first kappa shape index (κ1) is 28.8. The van der Waals surface area contributed by atoms with E-state index in [2.05, 4.69) is 5.32 Å². The SMILES string of the molecule is CCc1cc(-c2ccccc2C(C)OC[C@@H](O)CNC(C)(C)Cc2ccc(Cl)c(F)c2)ccc1C(=O)O. The second-order valence-electron chi connectivity index (χ2n) is 9.94. The lowest BCUT2D eigenvalue weighted by molar-refractivity contribution is -0.00397. The van der Waals surface area contributed by atoms with Crippen LogP contribution < -0.4 is 5.32 Å². The minimum absolute atomic E-state index is 0.0980. The number of carbonyl (C=O) groups is 1. The zero-order valence-corrected chi connectivity index (χ0v) is 22.5. The zero-order chi connectivity index (χ0) is 27.2. The lowest BCUT2D eigenvalue weighted by Gasteiger charge is -2.28. The van der Waals surface area contributed by atoms with Gasteiger partial charge in [-0.25, -0.2) is 9.18 Å². The van der Waals surface area contributed by atoms with E-state index in [-0.39, 0.29) is 23.3 Å². The Labute approximate surface area is 223 Å². The fourth-order valence-corrected chi connectivity index (χ4v) is 4.51. The molecule has 3 N–H and O–H groups in total. The number of rotatable bonds is 12. The predicted molar refractivity (Wildman–Crippen MR) is 146 cm³/mol. The zero-order valence-electron chi connectivity index (χ0n) is 21.7. The number of ether oxygens (including phenoxy) is 1. The maximum Gasteiger partial charge on any atom is 0.335 e. The van der Waals surface area contributed by atoms with Crippen molar-refractivity contribution in [2.75, 3.05) is 13.2 Å². The van der Waals surface area contributed by atoms with E-state index >= 15 is 0 Å². The van der Waals surface area contributed by atoms with Crippen LogP contribution >= 0.6 is 11.6 Å². The Bertz CT molecular complexity index is 1230. The Kier molecular flexibility index (Phi) is 9.85. The van der Waals surface area contributed by atoms with Gasteiger partial charge >= 0.3 is 5.97 Å². The summed E-state index contributed by atoms with van der Waals surface area (Å²) in [7, 11) is 0. The summed E-state index contributed by atoms with van der Waals surface area (Å²) in [6.07, 6.45) is 0.155. The van der Waals surface area contributed by atoms with Gasteiger partial charge in [0.05, 0.1) is 29.4 Å². The Morgan fingerprint density at radius 2 is 1.86 bits per heavy atom. The van der Waals surface area contributed by atoms with Gasteiger partial charge in [0, 0.05) is 12.1 Å². The first-order chi connectivity index (χ1) is 17.5. The third-order valence-electron chi connectivity index (χ3n) is 6.41. The quantitative estimate of drug-likeness (QED) is 0.252. The average molecular weight is 528 g/mol. The van der Waals surface area contributed by atoms with E-state index in [1.165, 1.54) is 6.07 Å². The van der Waals surface area contributed by atoms with Gasteiger partial charge in [0.15, 0.2) is 0 Å². The molecular formula is C30H35ClFNO4. The number of aryl methyl sites for hydroxylation is 1. The first-order valence-corrected chi connectivity index (χ1v) is 12.8. The number of nitrogens with one attached hydrogen (secondary N) is 1. The highest BCUT2D eigenvalue weighted by Crippen LogP contribution is 2.31. The van der Waals surface area contributed by atoms with E-state index < -0.39 is 17.9 Å². The molecule has 198 valence electrons. The summed E-state index contributed by atoms with van der Waals surface area (Å²) in [6.45, 7) is 8.30. The summed E-state index contributed by atoms with van der Waals surface area (Å²) >= 11 is 5.78. The van der Waals surface area contributed by atoms with Crippen molar-refractivity contribution < 1.29 is 24.1 Å². The normalized spacial score (nSPS) is 13.4. The molecule has 0 saturated carbocycles. The molecule has 0 heterocycles. The predicted octanol–water partition coefficient (Wildman–Crippen LogP) is 6.46. The van der Waals surface area contributed by atoms with Gasteiger partial charge in [0.1, 0.15) is 5.82 Å². The smallest absolute Gasteiger partial charge is 0.335 e. The highest BCUT2D eigenvalue weighted by Gasteiger charge is 2.21. The van der Waals surface area contributed by atoms with Crippen molar-refractivity contribution in [3.05, 3.63) is 93.8 Å². The summed E-state index contributed by atoms with van der Waals surface area (Å²) < 4.78 is 19.8. The van der Waals surface area contributed by atoms with Crippen LogP contribution in [0.5, 0.6) is 0 Å². The molecule has 3 aromatic rings. The second-order valence-corrected chi connectivity index (χ2v) is 10.3. The lowest BCUT2D eigenvalue weighted by atomic mass is 9.93. The number of aromatic carboxylic acids is 1. The molecule has 37 heavy (non-hydrogen) atoms. The van der Waals surface area contributed by atoms with E-state index in [0.29, 0.717) is 24.9 Å². The van der Waals surface area contributed by atoms with Crippen LogP contribution in [0, 0.1) is 5.82 Å². The Balaban J connectivity index is 1.61. The molecule has 2 atom stereocenters. The average Bonchev–Trinajstić information content (AvgIpc) is 2.87. The molecule has 0 fully saturated rings. The molecule has 0 aliphatic rings. The molecule has 3 aromatic carbocycles. The highest BCUT2D eigenvalue weighted by molar-refractivity contribution is 6.30. The monoisotopic (exact) mass is 527 g/mol. The molecule has 0 bridgehead atoms. The molecule has 3 rings (SSSR count). The van der Waals surface area contributed by atoms with E-state index in [9.17, 15) is 19.4 Å². The number of β-amino-alcohol motifs (C(OH)–C–C–N with tert-alkyl or cyclic N) is 1. The number of aliphatic hydroxyl groups excluding tert-OH is 1. The van der Waals surface area contributed by atoms with Crippen molar-refractivity contribution in [2.45, 2.75) is 58.3 Å². The van der Waals surface area contributed by atoms with Gasteiger partial charge in [-0.15, -0.1) is 0 Å². The number of carboxylic acid groups (broad SMARTS) is 1. The Morgan fingerprint density at radius 1 is 1.14 bits per heavy atom. The minimum atomic E-state index is -0.931. The van der Waals surface area contributed by atoms with E-state index in [1.807, 2.05) is 64.1 Å². The summed E-state index contributed by atoms with van der Waals surface area (Å²) in [4.78, 5) is 11.5. The molecule has 0 amide bonds. The van der Waals surface area contributed by atoms with Crippen LogP contribution in [-0.4, -0.2) is 41.0 Å². The van der Waals surface area contributed by atoms with E-state index in [0.717, 1.165) is 27.8 Å². The van der Waals surface area contributed by atoms with Crippen LogP contribution in [0.25, 0.3) is 11.1 Å². The molecule has 0 aromatic heterocycles. The summed E-state index contributed by atoms with van der Waals surface area (Å²) in [5.41, 5.74) is 4.38. The second kappa shape index (κ2) is 12.7. The maximum absolute atomic E-state index is 13.8. The van der Waals surface area contributed by atoms with Gasteiger partial charge in [-0.1, -0.05) is 61.0 Å². The molecule has 0 radical (unpaired) electrons. The first-order valence-electron chi connectivity index (χ1n) is 12.4. The van der Waals surface area contributed by atoms with Crippen LogP contribution in [0.3, 0.4) is 0 Å². The van der Waals surface area contributed by atoms with Crippen molar-refractivity contribution in [2.24, 2.45) is 0 Å². The van der Waals surface area contributed by atoms with Crippen LogP contribution in [0.15, 0.2) is 60.7 Å². The van der Waals surface area contributed by atoms with Gasteiger partial charge in [-0.05, 0) is 79.6 Å². The number of benzene rings is 3. The number of hydrogen-bond donors (Lipinski definition) is 3. The van der Waals surface area contributed by atoms with Crippen molar-refractivity contribution in [3.63, 3.8) is 0 Å². The van der Waals surface area contributed by atoms with Gasteiger partial charge in [-0.3, -0.25) is 0 Å². The van der Waals surface area contributed by atoms with Gasteiger partial charge in [0.25, 0.3) is 0 Å². The molecule has 7 heteroatoms. The summed E-state index contributed by atoms with van der Waals surface area (Å²) in [6, 6.07) is 18.0. The summed E-state index contributed by atoms with van der Waals surface area (Å²) in [5.74, 6) is -1.37. The van der Waals surface area contributed by atoms with Gasteiger partial charge in [0.2, 0.25) is 0 Å². The third-order valence-corrected chi connectivity index (χ3v) is 6.72. The minimum Gasteiger partial charge on any atom is -0.478 e. The Morgan fingerprint density at radius 3 is 2.54 bits per heavy atom. The van der Waals surface area contributed by atoms with Crippen molar-refractivity contribution in [3.8, 4) is 11.1 Å². The molecule has 0 aliphatic carbocycles. The maximum atomic E-state index is 13.8. The van der Waals surface area contributed by atoms with Crippen LogP contribution in [0.2, 0.25) is 5.02 Å². The number of aliphatic hydroxyl groups is 1. The number of halogens is 2. The molecule has 0 saturated heterocycles. The molecular weight excluding hydrogens is 493 g/mol. The van der Waals surface area contributed by atoms with E-state index in [1.54, 1.807) is 18.2 Å². The van der Waals surface area contributed by atoms with Crippen LogP contribution in [0.4, 0.5) is 4.39 Å². The lowest BCUT2D eigenvalue weighted by Crippen LogP contribution is -2.46. The van der Waals surface area contributed by atoms with E-state index in [4.69, 9.17) is 16.3 Å². The summed E-state index contributed by atoms with van der Waals surface area (Å²) in [5, 5.41) is 23.4. The largest absolute Gasteiger partial charge is 0.478 e. The highest BCUT2D eigenvalue weighted by atomic mass is 35.5. The molecule has 0 spiro atoms. The van der Waals surface area contributed by atoms with Gasteiger partial charge < -0.3 is 20.3 Å². The van der Waals surface area contributed by atoms with Crippen molar-refractivity contribution in [1.82, 2.24) is 5.32 Å². The molecule has 5 nitrogen and oxygen atoms in total. The van der Waals surface area contributed by atoms with Crippen LogP contribution in [0.1, 0.15) is 60.8 Å². The number of hydrogen-bond acceptors (Lipinski definition) is 4. The van der Waals surface area contributed by atoms with Crippen LogP contribution in [-0.2, 0) is 17.6 Å². The third kappa shape index (κ3) is 7.86. The van der Waals surface area contributed by atoms with Crippen molar-refractivity contribution in [1.29, 1.82) is 0 Å². The van der Waals surface area contributed by atoms with Gasteiger partial charge in [-0.2, -0.15) is 0 Å². The molecule has 1 unspecified atom stereocenters. The molecule has 0 aliphatic heterocycles. The standard InChI is InChI=1S/C30H35ClFNO4/c1-5-21-15-22(11-12-26(21)29(35)36)25-9-7-6-8-24(25)19(2)37-18-23(34)17-33-30(3,4)16-20-10-13-27(31)28(32)14-20/h6-15,19,23,33-34H,5,16-18H2,1-4H3,(H,35,36)/t19?,23-/m0/s1. The fourth-order valence-electron chi connectivity index (χ4n) is 4.40. The fraction of sp³-hybridized carbons (Fsp3) is 0.367.